The van der Waals surface area contributed by atoms with Gasteiger partial charge in [0.15, 0.2) is 11.3 Å². The van der Waals surface area contributed by atoms with E-state index in [2.05, 4.69) is 4.98 Å². The van der Waals surface area contributed by atoms with Crippen molar-refractivity contribution in [3.8, 4) is 0 Å². The van der Waals surface area contributed by atoms with Crippen LogP contribution in [0, 0.1) is 17.0 Å². The summed E-state index contributed by atoms with van der Waals surface area (Å²) in [6.07, 6.45) is 1.10. The molecule has 3 N–H and O–H groups in total. The number of rotatable bonds is 0. The first-order valence-corrected chi connectivity index (χ1v) is 3.75. The van der Waals surface area contributed by atoms with Crippen LogP contribution in [-0.4, -0.2) is 9.66 Å². The predicted molar refractivity (Wildman–Crippen MR) is 45.7 cm³/mol. The van der Waals surface area contributed by atoms with Crippen molar-refractivity contribution in [2.45, 2.75) is 0 Å². The molecule has 2 rings (SSSR count). The van der Waals surface area contributed by atoms with E-state index >= 15 is 0 Å². The molecule has 1 aromatic heterocycles. The van der Waals surface area contributed by atoms with E-state index in [-0.39, 0.29) is 16.4 Å². The smallest absolute Gasteiger partial charge is 0.154 e. The quantitative estimate of drug-likeness (QED) is 0.603. The van der Waals surface area contributed by atoms with Crippen molar-refractivity contribution in [1.29, 1.82) is 5.41 Å². The Morgan fingerprint density at radius 1 is 1.36 bits per heavy atom. The molecule has 4 nitrogen and oxygen atoms in total. The summed E-state index contributed by atoms with van der Waals surface area (Å²) in [7, 11) is 0. The molecule has 0 amide bonds. The van der Waals surface area contributed by atoms with Crippen molar-refractivity contribution < 1.29 is 8.78 Å². The van der Waals surface area contributed by atoms with Crippen LogP contribution in [0.4, 0.5) is 8.78 Å². The van der Waals surface area contributed by atoms with Crippen LogP contribution in [0.1, 0.15) is 0 Å². The third-order valence-corrected chi connectivity index (χ3v) is 1.85. The second-order valence-corrected chi connectivity index (χ2v) is 2.78. The molecule has 0 aliphatic rings. The Morgan fingerprint density at radius 3 is 2.79 bits per heavy atom. The molecule has 72 valence electrons. The van der Waals surface area contributed by atoms with Gasteiger partial charge in [-0.1, -0.05) is 0 Å². The molecule has 0 spiro atoms. The van der Waals surface area contributed by atoms with E-state index in [1.54, 1.807) is 0 Å². The lowest BCUT2D eigenvalue weighted by Crippen LogP contribution is -2.27. The van der Waals surface area contributed by atoms with Gasteiger partial charge in [0.25, 0.3) is 0 Å². The van der Waals surface area contributed by atoms with Crippen LogP contribution in [0.5, 0.6) is 0 Å². The summed E-state index contributed by atoms with van der Waals surface area (Å²) in [5.41, 5.74) is -0.244. The average Bonchev–Trinajstić information content (AvgIpc) is 2.12. The zero-order valence-electron chi connectivity index (χ0n) is 6.96. The second-order valence-electron chi connectivity index (χ2n) is 2.78. The van der Waals surface area contributed by atoms with Gasteiger partial charge < -0.3 is 5.84 Å². The largest absolute Gasteiger partial charge is 0.336 e. The maximum atomic E-state index is 13.1. The van der Waals surface area contributed by atoms with Gasteiger partial charge in [-0.3, -0.25) is 5.41 Å². The number of benzene rings is 1. The molecule has 0 aliphatic carbocycles. The molecule has 14 heavy (non-hydrogen) atoms. The molecular formula is C8H6F2N4. The third-order valence-electron chi connectivity index (χ3n) is 1.85. The van der Waals surface area contributed by atoms with Crippen molar-refractivity contribution in [3.05, 3.63) is 35.6 Å². The lowest BCUT2D eigenvalue weighted by Gasteiger charge is -2.02. The van der Waals surface area contributed by atoms with Gasteiger partial charge >= 0.3 is 0 Å². The summed E-state index contributed by atoms with van der Waals surface area (Å²) in [4.78, 5) is 3.66. The molecule has 1 aromatic carbocycles. The van der Waals surface area contributed by atoms with Gasteiger partial charge in [-0.05, 0) is 6.07 Å². The molecule has 0 aliphatic heterocycles. The number of fused-ring (bicyclic) bond motifs is 1. The van der Waals surface area contributed by atoms with Crippen molar-refractivity contribution in [1.82, 2.24) is 9.66 Å². The Bertz CT molecular complexity index is 561. The highest BCUT2D eigenvalue weighted by Gasteiger charge is 2.07. The first-order valence-electron chi connectivity index (χ1n) is 3.75. The zero-order chi connectivity index (χ0) is 10.3. The van der Waals surface area contributed by atoms with E-state index in [0.717, 1.165) is 23.1 Å². The second kappa shape index (κ2) is 2.76. The van der Waals surface area contributed by atoms with Crippen molar-refractivity contribution in [3.63, 3.8) is 0 Å². The normalized spacial score (nSPS) is 10.7. The van der Waals surface area contributed by atoms with Crippen molar-refractivity contribution in [2.24, 2.45) is 0 Å². The van der Waals surface area contributed by atoms with Gasteiger partial charge in [-0.15, -0.1) is 0 Å². The number of nitrogen functional groups attached to an aromatic ring is 1. The predicted octanol–water partition coefficient (Wildman–Crippen LogP) is 0.508. The molecule has 1 heterocycles. The number of nitrogens with one attached hydrogen (secondary N) is 1. The molecule has 6 heteroatoms. The minimum atomic E-state index is -0.797. The van der Waals surface area contributed by atoms with Crippen molar-refractivity contribution in [2.75, 3.05) is 5.84 Å². The number of nitrogens with two attached hydrogens (primary N) is 1. The van der Waals surface area contributed by atoms with Gasteiger partial charge in [0.2, 0.25) is 0 Å². The van der Waals surface area contributed by atoms with Gasteiger partial charge in [-0.2, -0.15) is 0 Å². The number of hydrogen-bond donors (Lipinski definition) is 2. The fraction of sp³-hybridized carbons (Fsp3) is 0. The summed E-state index contributed by atoms with van der Waals surface area (Å²) in [6.45, 7) is 0. The topological polar surface area (TPSA) is 67.7 Å². The molecule has 0 bridgehead atoms. The summed E-state index contributed by atoms with van der Waals surface area (Å²) in [5.74, 6) is 3.76. The van der Waals surface area contributed by atoms with Gasteiger partial charge in [0.1, 0.15) is 17.7 Å². The van der Waals surface area contributed by atoms with E-state index in [4.69, 9.17) is 11.3 Å². The highest BCUT2D eigenvalue weighted by Crippen LogP contribution is 2.13. The van der Waals surface area contributed by atoms with Gasteiger partial charge in [0.05, 0.1) is 5.39 Å². The molecule has 0 atom stereocenters. The molecule has 0 unspecified atom stereocenters. The Balaban J connectivity index is 3.03. The van der Waals surface area contributed by atoms with Crippen LogP contribution in [0.3, 0.4) is 0 Å². The summed E-state index contributed by atoms with van der Waals surface area (Å²) >= 11 is 0. The number of hydrogen-bond acceptors (Lipinski definition) is 3. The third kappa shape index (κ3) is 1.12. The Kier molecular flexibility index (Phi) is 1.70. The monoisotopic (exact) mass is 196 g/mol. The number of nitrogens with zero attached hydrogens (tertiary/aromatic N) is 2. The molecule has 0 saturated carbocycles. The standard InChI is InChI=1S/C8H6F2N4/c9-4-1-5-7(6(10)2-4)13-3-14(12)8(5)11/h1-3,11H,12H2. The van der Waals surface area contributed by atoms with E-state index in [1.807, 2.05) is 0 Å². The number of aromatic nitrogens is 2. The van der Waals surface area contributed by atoms with E-state index in [0.29, 0.717) is 0 Å². The lowest BCUT2D eigenvalue weighted by atomic mass is 10.2. The molecule has 2 aromatic rings. The van der Waals surface area contributed by atoms with Gasteiger partial charge in [-0.25, -0.2) is 18.4 Å². The summed E-state index contributed by atoms with van der Waals surface area (Å²) in [5, 5.41) is 7.49. The molecule has 0 fully saturated rings. The first-order chi connectivity index (χ1) is 6.59. The van der Waals surface area contributed by atoms with Crippen LogP contribution in [-0.2, 0) is 0 Å². The SMILES string of the molecule is N=c1c2cc(F)cc(F)c2ncn1N. The molecule has 0 saturated heterocycles. The van der Waals surface area contributed by atoms with Crippen LogP contribution < -0.4 is 11.3 Å². The minimum absolute atomic E-state index is 0.0486. The Hall–Kier alpha value is -1.98. The fourth-order valence-electron chi connectivity index (χ4n) is 1.19. The average molecular weight is 196 g/mol. The van der Waals surface area contributed by atoms with Gasteiger partial charge in [0, 0.05) is 6.07 Å². The van der Waals surface area contributed by atoms with Crippen LogP contribution in [0.2, 0.25) is 0 Å². The highest BCUT2D eigenvalue weighted by atomic mass is 19.1. The molecular weight excluding hydrogens is 190 g/mol. The van der Waals surface area contributed by atoms with Crippen LogP contribution >= 0.6 is 0 Å². The fourth-order valence-corrected chi connectivity index (χ4v) is 1.19. The minimum Gasteiger partial charge on any atom is -0.336 e. The highest BCUT2D eigenvalue weighted by molar-refractivity contribution is 5.77. The van der Waals surface area contributed by atoms with Crippen LogP contribution in [0.15, 0.2) is 18.5 Å². The lowest BCUT2D eigenvalue weighted by molar-refractivity contribution is 0.589. The maximum Gasteiger partial charge on any atom is 0.154 e. The zero-order valence-corrected chi connectivity index (χ0v) is 6.96. The number of halogens is 2. The molecule has 0 radical (unpaired) electrons. The first kappa shape index (κ1) is 8.61. The Morgan fingerprint density at radius 2 is 2.07 bits per heavy atom. The van der Waals surface area contributed by atoms with E-state index in [9.17, 15) is 8.78 Å². The van der Waals surface area contributed by atoms with E-state index < -0.39 is 11.6 Å². The van der Waals surface area contributed by atoms with E-state index in [1.165, 1.54) is 0 Å². The summed E-state index contributed by atoms with van der Waals surface area (Å²) in [6, 6.07) is 1.74. The summed E-state index contributed by atoms with van der Waals surface area (Å²) < 4.78 is 26.8. The Labute approximate surface area is 77.1 Å². The van der Waals surface area contributed by atoms with Crippen molar-refractivity contribution >= 4 is 10.9 Å². The maximum absolute atomic E-state index is 13.1. The van der Waals surface area contributed by atoms with Crippen LogP contribution in [0.25, 0.3) is 10.9 Å².